The average Bonchev–Trinajstić information content (AvgIpc) is 3.24. The van der Waals surface area contributed by atoms with Gasteiger partial charge in [0.2, 0.25) is 0 Å². The molecular formula is C53H105NO8P+. The van der Waals surface area contributed by atoms with E-state index in [0.29, 0.717) is 23.9 Å². The third-order valence-corrected chi connectivity index (χ3v) is 13.0. The zero-order chi connectivity index (χ0) is 46.4. The van der Waals surface area contributed by atoms with Gasteiger partial charge in [-0.25, -0.2) is 4.57 Å². The summed E-state index contributed by atoms with van der Waals surface area (Å²) in [7, 11) is 1.49. The van der Waals surface area contributed by atoms with Crippen molar-refractivity contribution in [2.45, 2.75) is 270 Å². The van der Waals surface area contributed by atoms with E-state index in [1.165, 1.54) is 199 Å². The first kappa shape index (κ1) is 61.8. The van der Waals surface area contributed by atoms with Crippen LogP contribution in [0.3, 0.4) is 0 Å². The number of phosphoric acid groups is 1. The fourth-order valence-electron chi connectivity index (χ4n) is 7.84. The normalized spacial score (nSPS) is 13.4. The van der Waals surface area contributed by atoms with Crippen LogP contribution in [0.25, 0.3) is 0 Å². The fraction of sp³-hybridized carbons (Fsp3) is 0.925. The highest BCUT2D eigenvalue weighted by atomic mass is 31.2. The Morgan fingerprint density at radius 1 is 0.476 bits per heavy atom. The number of ether oxygens (including phenoxy) is 2. The minimum atomic E-state index is -4.38. The van der Waals surface area contributed by atoms with Crippen LogP contribution in [0.1, 0.15) is 264 Å². The van der Waals surface area contributed by atoms with Crippen LogP contribution < -0.4 is 0 Å². The van der Waals surface area contributed by atoms with Crippen molar-refractivity contribution >= 4 is 19.8 Å². The van der Waals surface area contributed by atoms with Gasteiger partial charge in [0.15, 0.2) is 6.10 Å². The predicted molar refractivity (Wildman–Crippen MR) is 266 cm³/mol. The topological polar surface area (TPSA) is 108 Å². The molecule has 0 saturated heterocycles. The molecule has 0 aliphatic carbocycles. The molecule has 0 aromatic carbocycles. The number of likely N-dealkylation sites (N-methyl/N-ethyl adjacent to an activating group) is 1. The van der Waals surface area contributed by atoms with Gasteiger partial charge in [-0.2, -0.15) is 0 Å². The highest BCUT2D eigenvalue weighted by Gasteiger charge is 2.27. The van der Waals surface area contributed by atoms with Crippen LogP contribution in [0.2, 0.25) is 0 Å². The van der Waals surface area contributed by atoms with Gasteiger partial charge >= 0.3 is 19.8 Å². The van der Waals surface area contributed by atoms with Crippen LogP contribution in [-0.2, 0) is 32.7 Å². The van der Waals surface area contributed by atoms with Crippen LogP contribution in [-0.4, -0.2) is 74.9 Å². The van der Waals surface area contributed by atoms with Crippen molar-refractivity contribution in [1.82, 2.24) is 0 Å². The Bertz CT molecular complexity index is 1080. The van der Waals surface area contributed by atoms with E-state index in [1.54, 1.807) is 0 Å². The Labute approximate surface area is 390 Å². The summed E-state index contributed by atoms with van der Waals surface area (Å²) in [5.41, 5.74) is 0. The maximum absolute atomic E-state index is 12.8. The molecule has 0 heterocycles. The molecule has 374 valence electrons. The molecule has 0 amide bonds. The van der Waals surface area contributed by atoms with Crippen molar-refractivity contribution in [3.05, 3.63) is 12.2 Å². The summed E-state index contributed by atoms with van der Waals surface area (Å²) in [6, 6.07) is 0. The van der Waals surface area contributed by atoms with E-state index in [2.05, 4.69) is 26.0 Å². The van der Waals surface area contributed by atoms with Gasteiger partial charge < -0.3 is 18.9 Å². The van der Waals surface area contributed by atoms with Gasteiger partial charge in [-0.15, -0.1) is 0 Å². The first-order valence-electron chi connectivity index (χ1n) is 26.9. The van der Waals surface area contributed by atoms with Crippen molar-refractivity contribution in [3.8, 4) is 0 Å². The maximum atomic E-state index is 12.8. The largest absolute Gasteiger partial charge is 0.472 e. The lowest BCUT2D eigenvalue weighted by atomic mass is 10.0. The van der Waals surface area contributed by atoms with Gasteiger partial charge in [-0.1, -0.05) is 225 Å². The van der Waals surface area contributed by atoms with Gasteiger partial charge in [0.05, 0.1) is 27.7 Å². The molecule has 2 atom stereocenters. The molecule has 0 aromatic heterocycles. The molecule has 9 nitrogen and oxygen atoms in total. The quantitative estimate of drug-likeness (QED) is 0.0211. The molecule has 0 saturated carbocycles. The molecule has 0 fully saturated rings. The van der Waals surface area contributed by atoms with Gasteiger partial charge in [0.1, 0.15) is 19.8 Å². The Hall–Kier alpha value is -1.25. The van der Waals surface area contributed by atoms with E-state index in [-0.39, 0.29) is 25.6 Å². The molecule has 63 heavy (non-hydrogen) atoms. The third kappa shape index (κ3) is 50.0. The summed E-state index contributed by atoms with van der Waals surface area (Å²) < 4.78 is 34.5. The second-order valence-corrected chi connectivity index (χ2v) is 21.1. The lowest BCUT2D eigenvalue weighted by molar-refractivity contribution is -0.870. The summed E-state index contributed by atoms with van der Waals surface area (Å²) in [6.45, 7) is 4.48. The number of rotatable bonds is 50. The smallest absolute Gasteiger partial charge is 0.462 e. The van der Waals surface area contributed by atoms with Gasteiger partial charge in [-0.3, -0.25) is 18.6 Å². The molecule has 0 radical (unpaired) electrons. The first-order chi connectivity index (χ1) is 30.5. The Morgan fingerprint density at radius 2 is 0.810 bits per heavy atom. The fourth-order valence-corrected chi connectivity index (χ4v) is 8.58. The SMILES string of the molecule is CCCCCCCCCC/C=C\CCCCCCCCCCCCCC(=O)OC(COC(=O)CCCCCCCCCCCCCCCCCC)COP(=O)(O)OCC[N+](C)(C)C. The molecule has 1 N–H and O–H groups in total. The zero-order valence-corrected chi connectivity index (χ0v) is 43.2. The molecule has 0 aliphatic heterocycles. The summed E-state index contributed by atoms with van der Waals surface area (Å²) in [4.78, 5) is 35.6. The second-order valence-electron chi connectivity index (χ2n) is 19.6. The molecule has 10 heteroatoms. The number of quaternary nitrogens is 1. The zero-order valence-electron chi connectivity index (χ0n) is 42.3. The number of carbonyl (C=O) groups is 2. The second kappa shape index (κ2) is 45.9. The number of allylic oxidation sites excluding steroid dienone is 2. The Balaban J connectivity index is 4.17. The highest BCUT2D eigenvalue weighted by Crippen LogP contribution is 2.43. The minimum Gasteiger partial charge on any atom is -0.462 e. The Kier molecular flexibility index (Phi) is 45.0. The molecule has 0 rings (SSSR count). The van der Waals surface area contributed by atoms with Crippen LogP contribution >= 0.6 is 7.82 Å². The van der Waals surface area contributed by atoms with Gasteiger partial charge in [0.25, 0.3) is 0 Å². The summed E-state index contributed by atoms with van der Waals surface area (Å²) in [5.74, 6) is -0.782. The van der Waals surface area contributed by atoms with Crippen molar-refractivity contribution in [3.63, 3.8) is 0 Å². The lowest BCUT2D eigenvalue weighted by Gasteiger charge is -2.24. The van der Waals surface area contributed by atoms with Crippen molar-refractivity contribution < 1.29 is 42.1 Å². The van der Waals surface area contributed by atoms with Crippen LogP contribution in [0.5, 0.6) is 0 Å². The number of esters is 2. The maximum Gasteiger partial charge on any atom is 0.472 e. The van der Waals surface area contributed by atoms with Crippen LogP contribution in [0.15, 0.2) is 12.2 Å². The van der Waals surface area contributed by atoms with E-state index in [4.69, 9.17) is 18.5 Å². The molecule has 0 bridgehead atoms. The lowest BCUT2D eigenvalue weighted by Crippen LogP contribution is -2.37. The number of carbonyl (C=O) groups excluding carboxylic acids is 2. The van der Waals surface area contributed by atoms with Crippen molar-refractivity contribution in [2.24, 2.45) is 0 Å². The molecule has 2 unspecified atom stereocenters. The average molecular weight is 915 g/mol. The van der Waals surface area contributed by atoms with Crippen molar-refractivity contribution in [1.29, 1.82) is 0 Å². The standard InChI is InChI=1S/C53H104NO8P/c1-6-8-10-12-14-16-18-20-22-24-25-26-27-28-29-30-32-34-36-38-40-42-44-46-53(56)62-51(50-61-63(57,58)60-48-47-54(3,4)5)49-59-52(55)45-43-41-39-37-35-33-31-23-21-19-17-15-13-11-9-7-2/h24-25,51H,6-23,26-50H2,1-5H3/p+1/b25-24-. The number of phosphoric ester groups is 1. The third-order valence-electron chi connectivity index (χ3n) is 12.0. The highest BCUT2D eigenvalue weighted by molar-refractivity contribution is 7.47. The predicted octanol–water partition coefficient (Wildman–Crippen LogP) is 16.1. The molecule has 0 aliphatic rings. The summed E-state index contributed by atoms with van der Waals surface area (Å²) in [6.07, 6.45) is 51.2. The first-order valence-corrected chi connectivity index (χ1v) is 28.4. The molecule has 0 aromatic rings. The van der Waals surface area contributed by atoms with E-state index in [9.17, 15) is 19.0 Å². The Morgan fingerprint density at radius 3 is 1.17 bits per heavy atom. The number of hydrogen-bond donors (Lipinski definition) is 1. The van der Waals surface area contributed by atoms with E-state index in [1.807, 2.05) is 21.1 Å². The van der Waals surface area contributed by atoms with Crippen LogP contribution in [0.4, 0.5) is 0 Å². The van der Waals surface area contributed by atoms with E-state index >= 15 is 0 Å². The number of unbranched alkanes of at least 4 members (excludes halogenated alkanes) is 34. The summed E-state index contributed by atoms with van der Waals surface area (Å²) in [5, 5.41) is 0. The summed E-state index contributed by atoms with van der Waals surface area (Å²) >= 11 is 0. The van der Waals surface area contributed by atoms with Crippen molar-refractivity contribution in [2.75, 3.05) is 47.5 Å². The van der Waals surface area contributed by atoms with E-state index in [0.717, 1.165) is 32.1 Å². The van der Waals surface area contributed by atoms with Gasteiger partial charge in [0, 0.05) is 12.8 Å². The monoisotopic (exact) mass is 915 g/mol. The van der Waals surface area contributed by atoms with Crippen LogP contribution in [0, 0.1) is 0 Å². The minimum absolute atomic E-state index is 0.0353. The van der Waals surface area contributed by atoms with Gasteiger partial charge in [-0.05, 0) is 38.5 Å². The number of nitrogens with zero attached hydrogens (tertiary/aromatic N) is 1. The molecule has 0 spiro atoms. The van der Waals surface area contributed by atoms with E-state index < -0.39 is 26.5 Å². The molecular weight excluding hydrogens is 810 g/mol. The number of hydrogen-bond acceptors (Lipinski definition) is 7.